The predicted molar refractivity (Wildman–Crippen MR) is 164 cm³/mol. The number of hydrogen-bond donors (Lipinski definition) is 1. The van der Waals surface area contributed by atoms with Crippen LogP contribution in [0.2, 0.25) is 0 Å². The zero-order valence-electron chi connectivity index (χ0n) is 24.1. The molecule has 0 saturated carbocycles. The molecule has 3 aliphatic rings. The second kappa shape index (κ2) is 10.3. The van der Waals surface area contributed by atoms with Gasteiger partial charge in [-0.1, -0.05) is 25.5 Å². The van der Waals surface area contributed by atoms with E-state index in [4.69, 9.17) is 10.1 Å². The molecule has 3 unspecified atom stereocenters. The maximum atomic E-state index is 14.1. The maximum absolute atomic E-state index is 14.1. The Morgan fingerprint density at radius 1 is 1.02 bits per heavy atom. The summed E-state index contributed by atoms with van der Waals surface area (Å²) in [6.45, 7) is 11.3. The number of likely N-dealkylation sites (tertiary alicyclic amines) is 1. The summed E-state index contributed by atoms with van der Waals surface area (Å²) in [6.07, 6.45) is 5.55. The number of nitrogens with zero attached hydrogens (tertiary/aromatic N) is 6. The minimum atomic E-state index is -2.54. The van der Waals surface area contributed by atoms with E-state index >= 15 is 0 Å². The van der Waals surface area contributed by atoms with Gasteiger partial charge in [-0.2, -0.15) is 9.61 Å². The number of amides is 1. The van der Waals surface area contributed by atoms with Crippen molar-refractivity contribution in [2.24, 2.45) is 11.8 Å². The van der Waals surface area contributed by atoms with E-state index in [1.54, 1.807) is 6.26 Å². The van der Waals surface area contributed by atoms with Crippen LogP contribution in [0.4, 0.5) is 17.3 Å². The lowest BCUT2D eigenvalue weighted by Gasteiger charge is -2.35. The number of carbonyl (C=O) groups is 1. The van der Waals surface area contributed by atoms with Crippen LogP contribution in [0.15, 0.2) is 30.3 Å². The fourth-order valence-corrected chi connectivity index (χ4v) is 6.81. The van der Waals surface area contributed by atoms with Gasteiger partial charge in [0, 0.05) is 60.8 Å². The van der Waals surface area contributed by atoms with Gasteiger partial charge in [-0.25, -0.2) is 9.19 Å². The average molecular weight is 564 g/mol. The highest BCUT2D eigenvalue weighted by molar-refractivity contribution is 8.00. The van der Waals surface area contributed by atoms with E-state index in [0.717, 1.165) is 74.0 Å². The van der Waals surface area contributed by atoms with Gasteiger partial charge in [0.1, 0.15) is 11.6 Å². The summed E-state index contributed by atoms with van der Waals surface area (Å²) in [5.74, 6) is 6.98. The standard InChI is InChI=1S/C30H41N7O2S/c1-20-10-11-24(33-40(4,5)39)23(15-20)30(38)36-14-7-6-9-26(36)25-16-28-31-27(34-12-8-13-34)17-29(37(28)32-25)35-18-21(2)22(3)19-35/h10-11,15-17,21-22,26H,4,6-9,12-14,18-19H2,1-3,5H3,(H,33,39)/t21-,22?,26?,40?/m1/s1. The zero-order chi connectivity index (χ0) is 28.2. The largest absolute Gasteiger partial charge is 0.356 e. The van der Waals surface area contributed by atoms with E-state index in [1.165, 1.54) is 6.42 Å². The number of nitrogens with one attached hydrogen (secondary N) is 1. The molecule has 0 bridgehead atoms. The van der Waals surface area contributed by atoms with E-state index in [-0.39, 0.29) is 11.9 Å². The zero-order valence-corrected chi connectivity index (χ0v) is 24.9. The lowest BCUT2D eigenvalue weighted by atomic mass is 9.97. The summed E-state index contributed by atoms with van der Waals surface area (Å²) in [7, 11) is -2.54. The fourth-order valence-electron chi connectivity index (χ4n) is 6.17. The third-order valence-electron chi connectivity index (χ3n) is 8.74. The topological polar surface area (TPSA) is 86.1 Å². The molecule has 4 atom stereocenters. The minimum Gasteiger partial charge on any atom is -0.356 e. The van der Waals surface area contributed by atoms with Crippen molar-refractivity contribution >= 4 is 44.5 Å². The van der Waals surface area contributed by atoms with Gasteiger partial charge in [0.15, 0.2) is 5.65 Å². The molecule has 3 saturated heterocycles. The first-order valence-electron chi connectivity index (χ1n) is 14.5. The molecule has 10 heteroatoms. The molecule has 6 rings (SSSR count). The molecule has 1 N–H and O–H groups in total. The highest BCUT2D eigenvalue weighted by Crippen LogP contribution is 2.36. The Balaban J connectivity index is 1.39. The Morgan fingerprint density at radius 3 is 2.45 bits per heavy atom. The van der Waals surface area contributed by atoms with Crippen LogP contribution in [0.25, 0.3) is 5.65 Å². The molecule has 2 aromatic heterocycles. The molecule has 3 fully saturated rings. The highest BCUT2D eigenvalue weighted by Gasteiger charge is 2.34. The summed E-state index contributed by atoms with van der Waals surface area (Å²) in [4.78, 5) is 25.8. The summed E-state index contributed by atoms with van der Waals surface area (Å²) in [5, 5.41) is 5.13. The van der Waals surface area contributed by atoms with Crippen molar-refractivity contribution in [3.05, 3.63) is 47.2 Å². The Kier molecular flexibility index (Phi) is 6.92. The first-order chi connectivity index (χ1) is 19.1. The van der Waals surface area contributed by atoms with Crippen molar-refractivity contribution in [2.45, 2.75) is 52.5 Å². The van der Waals surface area contributed by atoms with Crippen molar-refractivity contribution in [1.82, 2.24) is 19.5 Å². The molecule has 9 nitrogen and oxygen atoms in total. The number of benzene rings is 1. The molecule has 40 heavy (non-hydrogen) atoms. The number of carbonyl (C=O) groups excluding carboxylic acids is 1. The average Bonchev–Trinajstić information content (AvgIpc) is 3.45. The summed E-state index contributed by atoms with van der Waals surface area (Å²) in [5.41, 5.74) is 3.76. The van der Waals surface area contributed by atoms with Crippen molar-refractivity contribution in [3.8, 4) is 0 Å². The quantitative estimate of drug-likeness (QED) is 0.448. The minimum absolute atomic E-state index is 0.0757. The summed E-state index contributed by atoms with van der Waals surface area (Å²) < 4.78 is 17.5. The van der Waals surface area contributed by atoms with E-state index in [0.29, 0.717) is 29.6 Å². The molecule has 214 valence electrons. The Hall–Kier alpha value is -3.27. The second-order valence-corrected chi connectivity index (χ2v) is 14.4. The van der Waals surface area contributed by atoms with Gasteiger partial charge < -0.3 is 19.4 Å². The monoisotopic (exact) mass is 563 g/mol. The molecule has 1 amide bonds. The molecule has 5 heterocycles. The Morgan fingerprint density at radius 2 is 1.77 bits per heavy atom. The number of piperidine rings is 1. The molecule has 0 spiro atoms. The number of rotatable bonds is 6. The summed E-state index contributed by atoms with van der Waals surface area (Å²) >= 11 is 0. The molecular formula is C30H41N7O2S. The SMILES string of the molecule is C=S(C)(=O)Nc1ccc(C)cc1C(=O)N1CCCCC1c1cc2nc(N3CCC3)cc(N3CC(C)[C@H](C)C3)n2n1. The van der Waals surface area contributed by atoms with Crippen LogP contribution in [0.1, 0.15) is 67.2 Å². The number of anilines is 3. The van der Waals surface area contributed by atoms with E-state index in [1.807, 2.05) is 34.5 Å². The van der Waals surface area contributed by atoms with Crippen molar-refractivity contribution in [1.29, 1.82) is 0 Å². The van der Waals surface area contributed by atoms with Crippen LogP contribution in [-0.2, 0) is 9.71 Å². The fraction of sp³-hybridized carbons (Fsp3) is 0.533. The number of hydrogen-bond acceptors (Lipinski definition) is 6. The van der Waals surface area contributed by atoms with Gasteiger partial charge in [0.2, 0.25) is 0 Å². The van der Waals surface area contributed by atoms with Crippen LogP contribution in [0, 0.1) is 18.8 Å². The Bertz CT molecular complexity index is 1530. The smallest absolute Gasteiger partial charge is 0.256 e. The summed E-state index contributed by atoms with van der Waals surface area (Å²) in [6, 6.07) is 9.74. The second-order valence-electron chi connectivity index (χ2n) is 12.2. The van der Waals surface area contributed by atoms with E-state index in [2.05, 4.69) is 46.4 Å². The molecule has 0 radical (unpaired) electrons. The van der Waals surface area contributed by atoms with Crippen molar-refractivity contribution < 1.29 is 9.00 Å². The van der Waals surface area contributed by atoms with Gasteiger partial charge >= 0.3 is 0 Å². The number of aryl methyl sites for hydroxylation is 1. The van der Waals surface area contributed by atoms with Gasteiger partial charge in [0.25, 0.3) is 5.91 Å². The van der Waals surface area contributed by atoms with Crippen LogP contribution >= 0.6 is 0 Å². The van der Waals surface area contributed by atoms with Gasteiger partial charge in [-0.15, -0.1) is 0 Å². The van der Waals surface area contributed by atoms with Crippen molar-refractivity contribution in [3.63, 3.8) is 0 Å². The molecule has 3 aromatic rings. The van der Waals surface area contributed by atoms with E-state index in [9.17, 15) is 9.00 Å². The van der Waals surface area contributed by atoms with E-state index < -0.39 is 9.71 Å². The molecule has 1 aromatic carbocycles. The van der Waals surface area contributed by atoms with Gasteiger partial charge in [-0.3, -0.25) is 4.79 Å². The molecule has 0 aliphatic carbocycles. The van der Waals surface area contributed by atoms with Crippen LogP contribution in [-0.4, -0.2) is 74.5 Å². The first kappa shape index (κ1) is 26.9. The highest BCUT2D eigenvalue weighted by atomic mass is 32.2. The number of aromatic nitrogens is 3. The van der Waals surface area contributed by atoms with Gasteiger partial charge in [0.05, 0.1) is 23.0 Å². The normalized spacial score (nSPS) is 24.7. The van der Waals surface area contributed by atoms with Crippen LogP contribution < -0.4 is 14.5 Å². The maximum Gasteiger partial charge on any atom is 0.256 e. The van der Waals surface area contributed by atoms with Crippen molar-refractivity contribution in [2.75, 3.05) is 53.5 Å². The lowest BCUT2D eigenvalue weighted by molar-refractivity contribution is 0.0606. The Labute approximate surface area is 237 Å². The predicted octanol–water partition coefficient (Wildman–Crippen LogP) is 4.38. The molecular weight excluding hydrogens is 522 g/mol. The molecule has 3 aliphatic heterocycles. The van der Waals surface area contributed by atoms with Crippen LogP contribution in [0.5, 0.6) is 0 Å². The van der Waals surface area contributed by atoms with Crippen LogP contribution in [0.3, 0.4) is 0 Å². The third kappa shape index (κ3) is 5.13. The first-order valence-corrected chi connectivity index (χ1v) is 16.6. The third-order valence-corrected chi connectivity index (χ3v) is 9.39. The lowest BCUT2D eigenvalue weighted by Crippen LogP contribution is -2.39. The number of fused-ring (bicyclic) bond motifs is 1. The van der Waals surface area contributed by atoms with Gasteiger partial charge in [-0.05, 0) is 62.4 Å².